The minimum atomic E-state index is -0.403. The van der Waals surface area contributed by atoms with Gasteiger partial charge in [0, 0.05) is 6.07 Å². The molecule has 0 heterocycles. The molecule has 0 bridgehead atoms. The van der Waals surface area contributed by atoms with Gasteiger partial charge in [0.05, 0.1) is 20.4 Å². The van der Waals surface area contributed by atoms with Gasteiger partial charge < -0.3 is 19.3 Å². The van der Waals surface area contributed by atoms with Crippen molar-refractivity contribution in [2.24, 2.45) is 5.10 Å². The number of ether oxygens (including phenoxy) is 3. The van der Waals surface area contributed by atoms with E-state index in [4.69, 9.17) is 14.2 Å². The zero-order chi connectivity index (χ0) is 17.4. The lowest BCUT2D eigenvalue weighted by Gasteiger charge is -2.06. The number of rotatable bonds is 7. The first-order valence-corrected chi connectivity index (χ1v) is 7.08. The standard InChI is InChI=1S/C17H18N2O5/c1-22-13-4-3-5-14(9-13)24-11-17(21)19-18-10-12-6-7-15(20)16(8-12)23-2/h3-10,20H,11H2,1-2H3,(H,19,21)/b18-10+. The first-order valence-electron chi connectivity index (χ1n) is 7.08. The van der Waals surface area contributed by atoms with Crippen molar-refractivity contribution >= 4 is 12.1 Å². The van der Waals surface area contributed by atoms with E-state index < -0.39 is 5.91 Å². The maximum atomic E-state index is 11.7. The van der Waals surface area contributed by atoms with Gasteiger partial charge >= 0.3 is 0 Å². The van der Waals surface area contributed by atoms with Gasteiger partial charge in [-0.2, -0.15) is 5.10 Å². The molecule has 2 rings (SSSR count). The molecule has 0 fully saturated rings. The zero-order valence-corrected chi connectivity index (χ0v) is 13.4. The largest absolute Gasteiger partial charge is 0.504 e. The van der Waals surface area contributed by atoms with Gasteiger partial charge in [0.1, 0.15) is 11.5 Å². The molecule has 0 aromatic heterocycles. The minimum Gasteiger partial charge on any atom is -0.504 e. The number of phenolic OH excluding ortho intramolecular Hbond substituents is 1. The molecule has 2 N–H and O–H groups in total. The Morgan fingerprint density at radius 2 is 1.96 bits per heavy atom. The monoisotopic (exact) mass is 330 g/mol. The molecule has 24 heavy (non-hydrogen) atoms. The molecular formula is C17H18N2O5. The number of phenols is 1. The van der Waals surface area contributed by atoms with Gasteiger partial charge in [0.25, 0.3) is 5.91 Å². The van der Waals surface area contributed by atoms with Gasteiger partial charge in [-0.1, -0.05) is 6.07 Å². The van der Waals surface area contributed by atoms with Crippen molar-refractivity contribution in [2.45, 2.75) is 0 Å². The van der Waals surface area contributed by atoms with Crippen LogP contribution in [-0.2, 0) is 4.79 Å². The first kappa shape index (κ1) is 17.1. The smallest absolute Gasteiger partial charge is 0.277 e. The molecule has 0 aliphatic carbocycles. The van der Waals surface area contributed by atoms with Crippen LogP contribution in [0.3, 0.4) is 0 Å². The summed E-state index contributed by atoms with van der Waals surface area (Å²) in [7, 11) is 3.01. The van der Waals surface area contributed by atoms with E-state index in [0.29, 0.717) is 22.8 Å². The highest BCUT2D eigenvalue weighted by Crippen LogP contribution is 2.25. The number of benzene rings is 2. The van der Waals surface area contributed by atoms with Gasteiger partial charge in [-0.15, -0.1) is 0 Å². The van der Waals surface area contributed by atoms with Crippen molar-refractivity contribution in [2.75, 3.05) is 20.8 Å². The molecule has 0 unspecified atom stereocenters. The van der Waals surface area contributed by atoms with E-state index in [-0.39, 0.29) is 12.4 Å². The van der Waals surface area contributed by atoms with Crippen LogP contribution in [0.4, 0.5) is 0 Å². The summed E-state index contributed by atoms with van der Waals surface area (Å²) < 4.78 is 15.4. The molecule has 2 aromatic carbocycles. The van der Waals surface area contributed by atoms with Crippen molar-refractivity contribution in [3.05, 3.63) is 48.0 Å². The average Bonchev–Trinajstić information content (AvgIpc) is 2.61. The quantitative estimate of drug-likeness (QED) is 0.598. The Labute approximate surface area is 139 Å². The zero-order valence-electron chi connectivity index (χ0n) is 13.4. The van der Waals surface area contributed by atoms with Gasteiger partial charge in [-0.25, -0.2) is 5.43 Å². The lowest BCUT2D eigenvalue weighted by atomic mass is 10.2. The van der Waals surface area contributed by atoms with Crippen LogP contribution in [0.1, 0.15) is 5.56 Å². The number of nitrogens with one attached hydrogen (secondary N) is 1. The number of carbonyl (C=O) groups is 1. The third kappa shape index (κ3) is 4.91. The van der Waals surface area contributed by atoms with Crippen LogP contribution < -0.4 is 19.6 Å². The molecule has 0 radical (unpaired) electrons. The summed E-state index contributed by atoms with van der Waals surface area (Å²) in [6, 6.07) is 11.7. The van der Waals surface area contributed by atoms with E-state index in [1.807, 2.05) is 0 Å². The summed E-state index contributed by atoms with van der Waals surface area (Å²) in [5, 5.41) is 13.3. The topological polar surface area (TPSA) is 89.4 Å². The van der Waals surface area contributed by atoms with Gasteiger partial charge in [0.15, 0.2) is 18.1 Å². The molecule has 0 aliphatic heterocycles. The molecule has 1 amide bonds. The molecule has 126 valence electrons. The van der Waals surface area contributed by atoms with Gasteiger partial charge in [-0.3, -0.25) is 4.79 Å². The van der Waals surface area contributed by atoms with Crippen LogP contribution in [0, 0.1) is 0 Å². The van der Waals surface area contributed by atoms with Crippen molar-refractivity contribution in [3.8, 4) is 23.0 Å². The van der Waals surface area contributed by atoms with Crippen LogP contribution >= 0.6 is 0 Å². The molecule has 0 saturated carbocycles. The third-order valence-corrected chi connectivity index (χ3v) is 3.02. The maximum absolute atomic E-state index is 11.7. The van der Waals surface area contributed by atoms with Crippen LogP contribution in [0.5, 0.6) is 23.0 Å². The van der Waals surface area contributed by atoms with E-state index in [0.717, 1.165) is 0 Å². The predicted octanol–water partition coefficient (Wildman–Crippen LogP) is 1.94. The molecular weight excluding hydrogens is 312 g/mol. The number of amides is 1. The summed E-state index contributed by atoms with van der Waals surface area (Å²) in [4.78, 5) is 11.7. The number of hydrazone groups is 1. The maximum Gasteiger partial charge on any atom is 0.277 e. The Hall–Kier alpha value is -3.22. The molecule has 0 atom stereocenters. The number of hydrogen-bond donors (Lipinski definition) is 2. The fourth-order valence-corrected chi connectivity index (χ4v) is 1.83. The first-order chi connectivity index (χ1) is 11.6. The molecule has 0 saturated heterocycles. The van der Waals surface area contributed by atoms with Crippen molar-refractivity contribution in [3.63, 3.8) is 0 Å². The number of aromatic hydroxyl groups is 1. The molecule has 7 nitrogen and oxygen atoms in total. The molecule has 7 heteroatoms. The number of hydrogen-bond acceptors (Lipinski definition) is 6. The Bertz CT molecular complexity index is 731. The highest BCUT2D eigenvalue weighted by Gasteiger charge is 2.03. The Morgan fingerprint density at radius 1 is 1.17 bits per heavy atom. The Balaban J connectivity index is 1.84. The van der Waals surface area contributed by atoms with Gasteiger partial charge in [-0.05, 0) is 35.9 Å². The average molecular weight is 330 g/mol. The summed E-state index contributed by atoms with van der Waals surface area (Å²) >= 11 is 0. The summed E-state index contributed by atoms with van der Waals surface area (Å²) in [6.07, 6.45) is 1.44. The van der Waals surface area contributed by atoms with Crippen LogP contribution in [-0.4, -0.2) is 38.1 Å². The summed E-state index contributed by atoms with van der Waals surface area (Å²) in [5.74, 6) is 1.13. The molecule has 0 aliphatic rings. The Kier molecular flexibility index (Phi) is 6.01. The molecule has 2 aromatic rings. The molecule has 0 spiro atoms. The lowest BCUT2D eigenvalue weighted by Crippen LogP contribution is -2.24. The predicted molar refractivity (Wildman–Crippen MR) is 88.9 cm³/mol. The number of carbonyl (C=O) groups excluding carboxylic acids is 1. The lowest BCUT2D eigenvalue weighted by molar-refractivity contribution is -0.123. The van der Waals surface area contributed by atoms with E-state index in [2.05, 4.69) is 10.5 Å². The Morgan fingerprint density at radius 3 is 2.71 bits per heavy atom. The fraction of sp³-hybridized carbons (Fsp3) is 0.176. The SMILES string of the molecule is COc1cccc(OCC(=O)N/N=C/c2ccc(O)c(OC)c2)c1. The fourth-order valence-electron chi connectivity index (χ4n) is 1.83. The van der Waals surface area contributed by atoms with Crippen LogP contribution in [0.15, 0.2) is 47.6 Å². The highest BCUT2D eigenvalue weighted by atomic mass is 16.5. The second-order valence-corrected chi connectivity index (χ2v) is 4.69. The van der Waals surface area contributed by atoms with E-state index in [9.17, 15) is 9.90 Å². The third-order valence-electron chi connectivity index (χ3n) is 3.02. The van der Waals surface area contributed by atoms with Crippen molar-refractivity contribution in [1.29, 1.82) is 0 Å². The van der Waals surface area contributed by atoms with Gasteiger partial charge in [0.2, 0.25) is 0 Å². The summed E-state index contributed by atoms with van der Waals surface area (Å²) in [5.41, 5.74) is 3.02. The second-order valence-electron chi connectivity index (χ2n) is 4.69. The van der Waals surface area contributed by atoms with Crippen molar-refractivity contribution < 1.29 is 24.1 Å². The van der Waals surface area contributed by atoms with Crippen LogP contribution in [0.25, 0.3) is 0 Å². The summed E-state index contributed by atoms with van der Waals surface area (Å²) in [6.45, 7) is -0.177. The number of nitrogens with zero attached hydrogens (tertiary/aromatic N) is 1. The normalized spacial score (nSPS) is 10.4. The van der Waals surface area contributed by atoms with Crippen molar-refractivity contribution in [1.82, 2.24) is 5.43 Å². The van der Waals surface area contributed by atoms with E-state index >= 15 is 0 Å². The van der Waals surface area contributed by atoms with Crippen LogP contribution in [0.2, 0.25) is 0 Å². The minimum absolute atomic E-state index is 0.0328. The van der Waals surface area contributed by atoms with E-state index in [1.165, 1.54) is 19.4 Å². The number of methoxy groups -OCH3 is 2. The second kappa shape index (κ2) is 8.42. The van der Waals surface area contributed by atoms with E-state index in [1.54, 1.807) is 43.5 Å². The highest BCUT2D eigenvalue weighted by molar-refractivity contribution is 5.83.